The fraction of sp³-hybridized carbons (Fsp3) is 0.211. The third-order valence-corrected chi connectivity index (χ3v) is 4.36. The summed E-state index contributed by atoms with van der Waals surface area (Å²) >= 11 is 0. The molecule has 132 valence electrons. The Labute approximate surface area is 149 Å². The molecule has 0 atom stereocenters. The van der Waals surface area contributed by atoms with Crippen molar-refractivity contribution < 1.29 is 4.39 Å². The van der Waals surface area contributed by atoms with Gasteiger partial charge in [0.15, 0.2) is 5.82 Å². The summed E-state index contributed by atoms with van der Waals surface area (Å²) in [6, 6.07) is 12.1. The second-order valence-electron chi connectivity index (χ2n) is 6.16. The van der Waals surface area contributed by atoms with Gasteiger partial charge >= 0.3 is 0 Å². The SMILES string of the molecule is O=c1[nH]nc2c3c(cccc13)NC(CCNCCc1ccc(F)cc1)=N2. The molecule has 0 unspecified atom stereocenters. The number of aromatic amines is 1. The highest BCUT2D eigenvalue weighted by Gasteiger charge is 2.16. The Bertz CT molecular complexity index is 1030. The van der Waals surface area contributed by atoms with Gasteiger partial charge < -0.3 is 10.6 Å². The molecule has 2 heterocycles. The number of aliphatic imine (C=N–C) groups is 1. The fourth-order valence-electron chi connectivity index (χ4n) is 3.03. The van der Waals surface area contributed by atoms with Gasteiger partial charge in [-0.05, 0) is 42.8 Å². The van der Waals surface area contributed by atoms with E-state index >= 15 is 0 Å². The van der Waals surface area contributed by atoms with Crippen molar-refractivity contribution in [3.63, 3.8) is 0 Å². The molecule has 6 nitrogen and oxygen atoms in total. The van der Waals surface area contributed by atoms with E-state index in [2.05, 4.69) is 25.8 Å². The summed E-state index contributed by atoms with van der Waals surface area (Å²) < 4.78 is 12.9. The molecule has 0 fully saturated rings. The van der Waals surface area contributed by atoms with Crippen LogP contribution in [0.25, 0.3) is 10.8 Å². The lowest BCUT2D eigenvalue weighted by Crippen LogP contribution is -2.25. The van der Waals surface area contributed by atoms with Gasteiger partial charge in [0, 0.05) is 13.0 Å². The molecule has 4 rings (SSSR count). The monoisotopic (exact) mass is 351 g/mol. The molecule has 26 heavy (non-hydrogen) atoms. The minimum Gasteiger partial charge on any atom is -0.343 e. The van der Waals surface area contributed by atoms with Crippen LogP contribution in [0.2, 0.25) is 0 Å². The first-order valence-corrected chi connectivity index (χ1v) is 8.52. The van der Waals surface area contributed by atoms with E-state index in [9.17, 15) is 9.18 Å². The van der Waals surface area contributed by atoms with Gasteiger partial charge in [-0.2, -0.15) is 5.10 Å². The highest BCUT2D eigenvalue weighted by molar-refractivity contribution is 6.12. The molecule has 0 saturated heterocycles. The Kier molecular flexibility index (Phi) is 4.45. The van der Waals surface area contributed by atoms with E-state index in [0.29, 0.717) is 17.6 Å². The summed E-state index contributed by atoms with van der Waals surface area (Å²) in [5.41, 5.74) is 1.74. The van der Waals surface area contributed by atoms with Crippen LogP contribution in [0.4, 0.5) is 15.9 Å². The Morgan fingerprint density at radius 2 is 1.85 bits per heavy atom. The van der Waals surface area contributed by atoms with Crippen LogP contribution in [-0.2, 0) is 6.42 Å². The third kappa shape index (κ3) is 3.34. The Morgan fingerprint density at radius 1 is 1.04 bits per heavy atom. The van der Waals surface area contributed by atoms with Gasteiger partial charge in [0.2, 0.25) is 0 Å². The first kappa shape index (κ1) is 16.4. The Morgan fingerprint density at radius 3 is 2.69 bits per heavy atom. The molecule has 3 aromatic rings. The van der Waals surface area contributed by atoms with Crippen LogP contribution in [-0.4, -0.2) is 29.1 Å². The minimum absolute atomic E-state index is 0.214. The average Bonchev–Trinajstić information content (AvgIpc) is 2.66. The predicted molar refractivity (Wildman–Crippen MR) is 101 cm³/mol. The Hall–Kier alpha value is -3.06. The number of nitrogens with zero attached hydrogens (tertiary/aromatic N) is 2. The number of hydrogen-bond acceptors (Lipinski definition) is 5. The minimum atomic E-state index is -0.214. The number of anilines is 1. The number of nitrogens with one attached hydrogen (secondary N) is 3. The molecule has 0 saturated carbocycles. The van der Waals surface area contributed by atoms with Crippen LogP contribution in [0.15, 0.2) is 52.3 Å². The maximum absolute atomic E-state index is 12.9. The largest absolute Gasteiger partial charge is 0.343 e. The number of benzene rings is 2. The van der Waals surface area contributed by atoms with Gasteiger partial charge in [-0.25, -0.2) is 14.5 Å². The molecule has 7 heteroatoms. The van der Waals surface area contributed by atoms with Crippen molar-refractivity contribution in [1.82, 2.24) is 15.5 Å². The average molecular weight is 351 g/mol. The van der Waals surface area contributed by atoms with Gasteiger partial charge in [0.05, 0.1) is 16.5 Å². The van der Waals surface area contributed by atoms with Crippen LogP contribution < -0.4 is 16.2 Å². The standard InChI is InChI=1S/C19H18FN5O/c20-13-6-4-12(5-7-13)8-10-21-11-9-16-22-15-3-1-2-14-17(15)18(23-16)24-25-19(14)26/h1-7,21H,8-11H2,(H,25,26)(H,22,23,24). The van der Waals surface area contributed by atoms with Crippen LogP contribution >= 0.6 is 0 Å². The highest BCUT2D eigenvalue weighted by atomic mass is 19.1. The fourth-order valence-corrected chi connectivity index (χ4v) is 3.03. The highest BCUT2D eigenvalue weighted by Crippen LogP contribution is 2.31. The summed E-state index contributed by atoms with van der Waals surface area (Å²) in [6.45, 7) is 1.55. The van der Waals surface area contributed by atoms with Crippen molar-refractivity contribution >= 4 is 28.1 Å². The van der Waals surface area contributed by atoms with E-state index < -0.39 is 0 Å². The number of H-pyrrole nitrogens is 1. The lowest BCUT2D eigenvalue weighted by atomic mass is 10.1. The molecule has 0 radical (unpaired) electrons. The van der Waals surface area contributed by atoms with Crippen molar-refractivity contribution in [3.8, 4) is 0 Å². The van der Waals surface area contributed by atoms with Crippen LogP contribution in [0.3, 0.4) is 0 Å². The van der Waals surface area contributed by atoms with E-state index in [-0.39, 0.29) is 11.4 Å². The lowest BCUT2D eigenvalue weighted by Gasteiger charge is -2.17. The topological polar surface area (TPSA) is 82.2 Å². The van der Waals surface area contributed by atoms with Gasteiger partial charge in [0.25, 0.3) is 5.56 Å². The number of hydrogen-bond donors (Lipinski definition) is 3. The van der Waals surface area contributed by atoms with Gasteiger partial charge in [-0.15, -0.1) is 0 Å². The molecule has 0 amide bonds. The number of rotatable bonds is 6. The van der Waals surface area contributed by atoms with Crippen LogP contribution in [0.5, 0.6) is 0 Å². The molecular formula is C19H18FN5O. The lowest BCUT2D eigenvalue weighted by molar-refractivity contribution is 0.626. The normalized spacial score (nSPS) is 12.7. The molecule has 1 aromatic heterocycles. The van der Waals surface area contributed by atoms with Gasteiger partial charge in [0.1, 0.15) is 11.7 Å². The molecular weight excluding hydrogens is 333 g/mol. The molecule has 1 aliphatic rings. The van der Waals surface area contributed by atoms with Crippen LogP contribution in [0, 0.1) is 5.82 Å². The predicted octanol–water partition coefficient (Wildman–Crippen LogP) is 2.74. The molecule has 2 aromatic carbocycles. The molecule has 0 aliphatic carbocycles. The van der Waals surface area contributed by atoms with E-state index in [0.717, 1.165) is 42.0 Å². The van der Waals surface area contributed by atoms with E-state index in [1.165, 1.54) is 12.1 Å². The molecule has 1 aliphatic heterocycles. The van der Waals surface area contributed by atoms with Crippen molar-refractivity contribution in [3.05, 3.63) is 64.2 Å². The first-order valence-electron chi connectivity index (χ1n) is 8.52. The zero-order valence-corrected chi connectivity index (χ0v) is 14.1. The zero-order chi connectivity index (χ0) is 17.9. The summed E-state index contributed by atoms with van der Waals surface area (Å²) in [5, 5.41) is 14.5. The van der Waals surface area contributed by atoms with Gasteiger partial charge in [-0.3, -0.25) is 4.79 Å². The van der Waals surface area contributed by atoms with E-state index in [1.807, 2.05) is 12.1 Å². The maximum Gasteiger partial charge on any atom is 0.272 e. The maximum atomic E-state index is 12.9. The van der Waals surface area contributed by atoms with Gasteiger partial charge in [-0.1, -0.05) is 18.2 Å². The third-order valence-electron chi connectivity index (χ3n) is 4.36. The van der Waals surface area contributed by atoms with Crippen molar-refractivity contribution in [2.75, 3.05) is 18.4 Å². The smallest absolute Gasteiger partial charge is 0.272 e. The van der Waals surface area contributed by atoms with E-state index in [4.69, 9.17) is 0 Å². The second kappa shape index (κ2) is 7.05. The van der Waals surface area contributed by atoms with Crippen molar-refractivity contribution in [2.45, 2.75) is 12.8 Å². The summed E-state index contributed by atoms with van der Waals surface area (Å²) in [6.07, 6.45) is 1.55. The number of amidine groups is 1. The number of halogens is 1. The summed E-state index contributed by atoms with van der Waals surface area (Å²) in [7, 11) is 0. The molecule has 0 bridgehead atoms. The molecule has 3 N–H and O–H groups in total. The second-order valence-corrected chi connectivity index (χ2v) is 6.16. The van der Waals surface area contributed by atoms with E-state index in [1.54, 1.807) is 18.2 Å². The Balaban J connectivity index is 1.36. The number of aromatic nitrogens is 2. The van der Waals surface area contributed by atoms with Crippen molar-refractivity contribution in [1.29, 1.82) is 0 Å². The molecule has 0 spiro atoms. The quantitative estimate of drug-likeness (QED) is 0.597. The van der Waals surface area contributed by atoms with Crippen LogP contribution in [0.1, 0.15) is 12.0 Å². The van der Waals surface area contributed by atoms with Crippen molar-refractivity contribution in [2.24, 2.45) is 4.99 Å². The summed E-state index contributed by atoms with van der Waals surface area (Å²) in [5.74, 6) is 1.13. The first-order chi connectivity index (χ1) is 12.7. The zero-order valence-electron chi connectivity index (χ0n) is 14.1. The summed E-state index contributed by atoms with van der Waals surface area (Å²) in [4.78, 5) is 16.4.